The van der Waals surface area contributed by atoms with Crippen LogP contribution in [0.1, 0.15) is 38.7 Å². The Kier molecular flexibility index (Phi) is 6.08. The lowest BCUT2D eigenvalue weighted by Crippen LogP contribution is -1.96. The molecule has 1 rings (SSSR count). The van der Waals surface area contributed by atoms with E-state index in [0.717, 1.165) is 24.9 Å². The topological polar surface area (TPSA) is 26.3 Å². The normalized spacial score (nSPS) is 9.76. The molecule has 0 spiro atoms. The van der Waals surface area contributed by atoms with Crippen LogP contribution in [-0.4, -0.2) is 6.29 Å². The van der Waals surface area contributed by atoms with E-state index in [0.29, 0.717) is 13.0 Å². The summed E-state index contributed by atoms with van der Waals surface area (Å²) in [5, 5.41) is 0. The van der Waals surface area contributed by atoms with Gasteiger partial charge in [0.1, 0.15) is 12.9 Å². The second-order valence-electron chi connectivity index (χ2n) is 4.26. The lowest BCUT2D eigenvalue weighted by molar-refractivity contribution is -0.107. The standard InChI is InChI=1S/C15H20O2/c1-13(2)15(10-6-7-11-16)17-12-14-8-4-3-5-9-14/h3-5,8-9,11H,6-7,10,12H2,1-2H3. The van der Waals surface area contributed by atoms with Gasteiger partial charge in [0.2, 0.25) is 0 Å². The number of aldehydes is 1. The van der Waals surface area contributed by atoms with Crippen LogP contribution in [0, 0.1) is 0 Å². The van der Waals surface area contributed by atoms with E-state index in [4.69, 9.17) is 4.74 Å². The lowest BCUT2D eigenvalue weighted by Gasteiger charge is -2.12. The third-order valence-corrected chi connectivity index (χ3v) is 2.54. The monoisotopic (exact) mass is 232 g/mol. The van der Waals surface area contributed by atoms with Gasteiger partial charge < -0.3 is 9.53 Å². The van der Waals surface area contributed by atoms with Crippen LogP contribution >= 0.6 is 0 Å². The summed E-state index contributed by atoms with van der Waals surface area (Å²) in [5.41, 5.74) is 2.36. The highest BCUT2D eigenvalue weighted by atomic mass is 16.5. The number of ether oxygens (including phenoxy) is 1. The van der Waals surface area contributed by atoms with Crippen molar-refractivity contribution in [3.05, 3.63) is 47.2 Å². The lowest BCUT2D eigenvalue weighted by atomic mass is 10.1. The van der Waals surface area contributed by atoms with E-state index in [-0.39, 0.29) is 0 Å². The van der Waals surface area contributed by atoms with Gasteiger partial charge in [0, 0.05) is 12.8 Å². The molecule has 0 aliphatic rings. The fourth-order valence-electron chi connectivity index (χ4n) is 1.56. The van der Waals surface area contributed by atoms with Gasteiger partial charge >= 0.3 is 0 Å². The third-order valence-electron chi connectivity index (χ3n) is 2.54. The van der Waals surface area contributed by atoms with Crippen LogP contribution in [0.3, 0.4) is 0 Å². The average Bonchev–Trinajstić information content (AvgIpc) is 2.34. The fourth-order valence-corrected chi connectivity index (χ4v) is 1.56. The molecule has 0 aliphatic carbocycles. The molecule has 0 amide bonds. The molecule has 0 bridgehead atoms. The van der Waals surface area contributed by atoms with Crippen LogP contribution in [0.2, 0.25) is 0 Å². The number of allylic oxidation sites excluding steroid dienone is 2. The number of benzene rings is 1. The van der Waals surface area contributed by atoms with Gasteiger partial charge in [-0.15, -0.1) is 0 Å². The van der Waals surface area contributed by atoms with Crippen molar-refractivity contribution in [1.29, 1.82) is 0 Å². The Balaban J connectivity index is 2.46. The maximum Gasteiger partial charge on any atom is 0.120 e. The minimum atomic E-state index is 0.600. The first-order chi connectivity index (χ1) is 8.24. The molecule has 0 atom stereocenters. The van der Waals surface area contributed by atoms with E-state index in [1.807, 2.05) is 44.2 Å². The molecular formula is C15H20O2. The first-order valence-corrected chi connectivity index (χ1v) is 6.00. The van der Waals surface area contributed by atoms with Gasteiger partial charge in [-0.25, -0.2) is 0 Å². The zero-order chi connectivity index (χ0) is 12.5. The predicted octanol–water partition coefficient (Wildman–Crippen LogP) is 3.87. The highest BCUT2D eigenvalue weighted by Crippen LogP contribution is 2.15. The molecule has 0 aliphatic heterocycles. The highest BCUT2D eigenvalue weighted by Gasteiger charge is 2.02. The van der Waals surface area contributed by atoms with Crippen LogP contribution in [0.25, 0.3) is 0 Å². The number of unbranched alkanes of at least 4 members (excludes halogenated alkanes) is 1. The molecule has 0 saturated heterocycles. The molecule has 1 aromatic carbocycles. The highest BCUT2D eigenvalue weighted by molar-refractivity contribution is 5.49. The average molecular weight is 232 g/mol. The van der Waals surface area contributed by atoms with E-state index < -0.39 is 0 Å². The van der Waals surface area contributed by atoms with Gasteiger partial charge in [-0.1, -0.05) is 30.3 Å². The number of hydrogen-bond acceptors (Lipinski definition) is 2. The molecule has 0 heterocycles. The maximum atomic E-state index is 10.3. The van der Waals surface area contributed by atoms with Gasteiger partial charge in [-0.3, -0.25) is 0 Å². The number of hydrogen-bond donors (Lipinski definition) is 0. The van der Waals surface area contributed by atoms with Crippen LogP contribution in [0.4, 0.5) is 0 Å². The Labute approximate surface area is 103 Å². The maximum absolute atomic E-state index is 10.3. The second kappa shape index (κ2) is 7.66. The molecule has 0 fully saturated rings. The summed E-state index contributed by atoms with van der Waals surface area (Å²) in [7, 11) is 0. The van der Waals surface area contributed by atoms with Gasteiger partial charge in [-0.2, -0.15) is 0 Å². The first-order valence-electron chi connectivity index (χ1n) is 6.00. The van der Waals surface area contributed by atoms with Gasteiger partial charge in [0.05, 0.1) is 5.76 Å². The third kappa shape index (κ3) is 5.34. The van der Waals surface area contributed by atoms with Crippen molar-refractivity contribution in [3.63, 3.8) is 0 Å². The zero-order valence-electron chi connectivity index (χ0n) is 10.6. The molecule has 2 heteroatoms. The van der Waals surface area contributed by atoms with Crippen molar-refractivity contribution >= 4 is 6.29 Å². The first kappa shape index (κ1) is 13.5. The quantitative estimate of drug-likeness (QED) is 0.405. The van der Waals surface area contributed by atoms with Crippen molar-refractivity contribution in [1.82, 2.24) is 0 Å². The van der Waals surface area contributed by atoms with E-state index in [2.05, 4.69) is 0 Å². The Morgan fingerprint density at radius 2 is 1.94 bits per heavy atom. The smallest absolute Gasteiger partial charge is 0.120 e. The Hall–Kier alpha value is -1.57. The number of carbonyl (C=O) groups excluding carboxylic acids is 1. The molecule has 0 N–H and O–H groups in total. The summed E-state index contributed by atoms with van der Waals surface area (Å²) in [5.74, 6) is 1.01. The summed E-state index contributed by atoms with van der Waals surface area (Å²) >= 11 is 0. The summed E-state index contributed by atoms with van der Waals surface area (Å²) in [6, 6.07) is 10.1. The van der Waals surface area contributed by atoms with Gasteiger partial charge in [0.25, 0.3) is 0 Å². The van der Waals surface area contributed by atoms with Crippen molar-refractivity contribution < 1.29 is 9.53 Å². The molecule has 2 nitrogen and oxygen atoms in total. The van der Waals surface area contributed by atoms with E-state index in [1.165, 1.54) is 11.1 Å². The molecule has 1 aromatic rings. The Morgan fingerprint density at radius 1 is 1.24 bits per heavy atom. The van der Waals surface area contributed by atoms with Gasteiger partial charge in [0.15, 0.2) is 0 Å². The minimum absolute atomic E-state index is 0.600. The van der Waals surface area contributed by atoms with Crippen molar-refractivity contribution in [3.8, 4) is 0 Å². The van der Waals surface area contributed by atoms with Crippen LogP contribution < -0.4 is 0 Å². The SMILES string of the molecule is CC(C)=C(CCCC=O)OCc1ccccc1. The minimum Gasteiger partial charge on any atom is -0.493 e. The fraction of sp³-hybridized carbons (Fsp3) is 0.400. The zero-order valence-corrected chi connectivity index (χ0v) is 10.6. The van der Waals surface area contributed by atoms with Crippen molar-refractivity contribution in [2.75, 3.05) is 0 Å². The van der Waals surface area contributed by atoms with Crippen LogP contribution in [0.15, 0.2) is 41.7 Å². The Morgan fingerprint density at radius 3 is 2.53 bits per heavy atom. The van der Waals surface area contributed by atoms with E-state index in [1.54, 1.807) is 0 Å². The second-order valence-corrected chi connectivity index (χ2v) is 4.26. The predicted molar refractivity (Wildman–Crippen MR) is 69.5 cm³/mol. The summed E-state index contributed by atoms with van der Waals surface area (Å²) < 4.78 is 5.80. The molecule has 0 saturated carbocycles. The molecule has 0 aromatic heterocycles. The number of carbonyl (C=O) groups is 1. The Bertz CT molecular complexity index is 362. The molecule has 17 heavy (non-hydrogen) atoms. The van der Waals surface area contributed by atoms with Crippen molar-refractivity contribution in [2.45, 2.75) is 39.7 Å². The summed E-state index contributed by atoms with van der Waals surface area (Å²) in [6.45, 7) is 4.69. The number of rotatable bonds is 7. The largest absolute Gasteiger partial charge is 0.493 e. The van der Waals surface area contributed by atoms with E-state index in [9.17, 15) is 4.79 Å². The summed E-state index contributed by atoms with van der Waals surface area (Å²) in [6.07, 6.45) is 3.26. The van der Waals surface area contributed by atoms with E-state index >= 15 is 0 Å². The summed E-state index contributed by atoms with van der Waals surface area (Å²) in [4.78, 5) is 10.3. The van der Waals surface area contributed by atoms with Crippen LogP contribution in [-0.2, 0) is 16.1 Å². The van der Waals surface area contributed by atoms with Crippen LogP contribution in [0.5, 0.6) is 0 Å². The molecule has 0 radical (unpaired) electrons. The molecule has 92 valence electrons. The van der Waals surface area contributed by atoms with Gasteiger partial charge in [-0.05, 0) is 31.4 Å². The molecule has 0 unspecified atom stereocenters. The molecular weight excluding hydrogens is 212 g/mol. The van der Waals surface area contributed by atoms with Crippen molar-refractivity contribution in [2.24, 2.45) is 0 Å².